The normalized spacial score (nSPS) is 15.0. The number of fused-ring (bicyclic) bond motifs is 1. The maximum absolute atomic E-state index is 12.6. The van der Waals surface area contributed by atoms with Gasteiger partial charge in [0.05, 0.1) is 12.0 Å². The van der Waals surface area contributed by atoms with E-state index in [0.717, 1.165) is 29.0 Å². The van der Waals surface area contributed by atoms with E-state index in [0.29, 0.717) is 0 Å². The lowest BCUT2D eigenvalue weighted by molar-refractivity contribution is -0.123. The van der Waals surface area contributed by atoms with Crippen molar-refractivity contribution in [1.82, 2.24) is 5.32 Å². The Kier molecular flexibility index (Phi) is 4.51. The molecule has 0 aliphatic carbocycles. The van der Waals surface area contributed by atoms with Gasteiger partial charge in [-0.3, -0.25) is 4.79 Å². The Morgan fingerprint density at radius 1 is 1.09 bits per heavy atom. The smallest absolute Gasteiger partial charge is 0.231 e. The molecule has 1 amide bonds. The maximum Gasteiger partial charge on any atom is 0.231 e. The second kappa shape index (κ2) is 6.73. The molecule has 2 aromatic rings. The minimum Gasteiger partial charge on any atom is -0.454 e. The van der Waals surface area contributed by atoms with Crippen LogP contribution in [0.3, 0.4) is 0 Å². The molecule has 2 unspecified atom stereocenters. The van der Waals surface area contributed by atoms with E-state index in [1.165, 1.54) is 0 Å². The molecule has 4 heteroatoms. The van der Waals surface area contributed by atoms with E-state index in [9.17, 15) is 4.79 Å². The number of amides is 1. The summed E-state index contributed by atoms with van der Waals surface area (Å²) in [7, 11) is 0. The third kappa shape index (κ3) is 3.31. The van der Waals surface area contributed by atoms with Crippen molar-refractivity contribution in [3.8, 4) is 11.5 Å². The average Bonchev–Trinajstić information content (AvgIpc) is 3.04. The average molecular weight is 311 g/mol. The Morgan fingerprint density at radius 2 is 1.83 bits per heavy atom. The van der Waals surface area contributed by atoms with E-state index in [1.54, 1.807) is 0 Å². The molecular formula is C19H21NO3. The first-order valence-electron chi connectivity index (χ1n) is 7.94. The highest BCUT2D eigenvalue weighted by molar-refractivity contribution is 5.84. The molecule has 2 atom stereocenters. The number of carbonyl (C=O) groups is 1. The van der Waals surface area contributed by atoms with Crippen LogP contribution in [0.4, 0.5) is 0 Å². The van der Waals surface area contributed by atoms with Crippen molar-refractivity contribution in [2.75, 3.05) is 6.79 Å². The van der Waals surface area contributed by atoms with Crippen LogP contribution in [0.5, 0.6) is 11.5 Å². The molecule has 1 heterocycles. The minimum absolute atomic E-state index is 0.0452. The summed E-state index contributed by atoms with van der Waals surface area (Å²) in [5, 5.41) is 3.10. The third-order valence-corrected chi connectivity index (χ3v) is 4.18. The lowest BCUT2D eigenvalue weighted by Gasteiger charge is -2.20. The summed E-state index contributed by atoms with van der Waals surface area (Å²) < 4.78 is 10.7. The van der Waals surface area contributed by atoms with Gasteiger partial charge in [-0.2, -0.15) is 0 Å². The molecule has 0 fully saturated rings. The second-order valence-corrected chi connectivity index (χ2v) is 5.71. The van der Waals surface area contributed by atoms with Crippen molar-refractivity contribution in [3.05, 3.63) is 59.7 Å². The largest absolute Gasteiger partial charge is 0.454 e. The molecule has 0 saturated heterocycles. The molecule has 0 aromatic heterocycles. The quantitative estimate of drug-likeness (QED) is 0.914. The zero-order valence-corrected chi connectivity index (χ0v) is 13.4. The highest BCUT2D eigenvalue weighted by Gasteiger charge is 2.22. The van der Waals surface area contributed by atoms with Crippen LogP contribution in [0.15, 0.2) is 48.5 Å². The highest BCUT2D eigenvalue weighted by atomic mass is 16.7. The van der Waals surface area contributed by atoms with E-state index in [4.69, 9.17) is 9.47 Å². The van der Waals surface area contributed by atoms with Crippen molar-refractivity contribution in [1.29, 1.82) is 0 Å². The Hall–Kier alpha value is -2.49. The van der Waals surface area contributed by atoms with Crippen molar-refractivity contribution < 1.29 is 14.3 Å². The van der Waals surface area contributed by atoms with E-state index >= 15 is 0 Å². The lowest BCUT2D eigenvalue weighted by Crippen LogP contribution is -2.31. The summed E-state index contributed by atoms with van der Waals surface area (Å²) in [6.07, 6.45) is 0.768. The minimum atomic E-state index is -0.132. The topological polar surface area (TPSA) is 47.6 Å². The second-order valence-electron chi connectivity index (χ2n) is 5.71. The molecule has 4 nitrogen and oxygen atoms in total. The van der Waals surface area contributed by atoms with Gasteiger partial charge in [-0.15, -0.1) is 0 Å². The zero-order chi connectivity index (χ0) is 16.2. The van der Waals surface area contributed by atoms with Gasteiger partial charge in [0.2, 0.25) is 12.7 Å². The molecule has 1 aliphatic heterocycles. The number of benzene rings is 2. The molecule has 0 saturated carbocycles. The van der Waals surface area contributed by atoms with Gasteiger partial charge in [-0.05, 0) is 36.6 Å². The Morgan fingerprint density at radius 3 is 2.57 bits per heavy atom. The Labute approximate surface area is 136 Å². The molecule has 0 bridgehead atoms. The fourth-order valence-electron chi connectivity index (χ4n) is 2.84. The maximum atomic E-state index is 12.6. The van der Waals surface area contributed by atoms with Gasteiger partial charge in [0.15, 0.2) is 11.5 Å². The summed E-state index contributed by atoms with van der Waals surface area (Å²) in [6, 6.07) is 15.6. The molecular weight excluding hydrogens is 290 g/mol. The summed E-state index contributed by atoms with van der Waals surface area (Å²) in [5.41, 5.74) is 2.05. The predicted octanol–water partition coefficient (Wildman–Crippen LogP) is 3.79. The Balaban J connectivity index is 1.71. The van der Waals surface area contributed by atoms with Gasteiger partial charge in [-0.25, -0.2) is 0 Å². The molecule has 1 aliphatic rings. The summed E-state index contributed by atoms with van der Waals surface area (Å²) in [4.78, 5) is 12.6. The van der Waals surface area contributed by atoms with Crippen LogP contribution in [0.2, 0.25) is 0 Å². The molecule has 3 rings (SSSR count). The fraction of sp³-hybridized carbons (Fsp3) is 0.316. The summed E-state index contributed by atoms with van der Waals surface area (Å²) in [6.45, 7) is 4.26. The monoisotopic (exact) mass is 311 g/mol. The Bertz CT molecular complexity index is 684. The predicted molar refractivity (Wildman–Crippen MR) is 88.6 cm³/mol. The molecule has 0 radical (unpaired) electrons. The van der Waals surface area contributed by atoms with Crippen molar-refractivity contribution >= 4 is 5.91 Å². The first kappa shape index (κ1) is 15.4. The standard InChI is InChI=1S/C19H21NO3/c1-3-16(14-7-5-4-6-8-14)19(21)20-13(2)15-9-10-17-18(11-15)23-12-22-17/h4-11,13,16H,3,12H2,1-2H3,(H,20,21). The number of hydrogen-bond donors (Lipinski definition) is 1. The fourth-order valence-corrected chi connectivity index (χ4v) is 2.84. The molecule has 23 heavy (non-hydrogen) atoms. The highest BCUT2D eigenvalue weighted by Crippen LogP contribution is 2.34. The first-order valence-corrected chi connectivity index (χ1v) is 7.94. The van der Waals surface area contributed by atoms with Crippen LogP contribution in [0, 0.1) is 0 Å². The SMILES string of the molecule is CCC(C(=O)NC(C)c1ccc2c(c1)OCO2)c1ccccc1. The van der Waals surface area contributed by atoms with E-state index in [-0.39, 0.29) is 24.7 Å². The van der Waals surface area contributed by atoms with Gasteiger partial charge in [-0.1, -0.05) is 43.3 Å². The van der Waals surface area contributed by atoms with Crippen molar-refractivity contribution in [3.63, 3.8) is 0 Å². The molecule has 1 N–H and O–H groups in total. The van der Waals surface area contributed by atoms with Gasteiger partial charge in [0.1, 0.15) is 0 Å². The van der Waals surface area contributed by atoms with Crippen LogP contribution in [0.1, 0.15) is 43.4 Å². The summed E-state index contributed by atoms with van der Waals surface area (Å²) in [5.74, 6) is 1.40. The van der Waals surface area contributed by atoms with Gasteiger partial charge < -0.3 is 14.8 Å². The van der Waals surface area contributed by atoms with Crippen LogP contribution >= 0.6 is 0 Å². The van der Waals surface area contributed by atoms with Crippen molar-refractivity contribution in [2.24, 2.45) is 0 Å². The van der Waals surface area contributed by atoms with Crippen LogP contribution < -0.4 is 14.8 Å². The van der Waals surface area contributed by atoms with Gasteiger partial charge >= 0.3 is 0 Å². The van der Waals surface area contributed by atoms with E-state index in [1.807, 2.05) is 62.4 Å². The lowest BCUT2D eigenvalue weighted by atomic mass is 9.95. The number of rotatable bonds is 5. The number of ether oxygens (including phenoxy) is 2. The molecule has 2 aromatic carbocycles. The van der Waals surface area contributed by atoms with E-state index in [2.05, 4.69) is 5.32 Å². The number of nitrogens with one attached hydrogen (secondary N) is 1. The number of carbonyl (C=O) groups excluding carboxylic acids is 1. The number of hydrogen-bond acceptors (Lipinski definition) is 3. The van der Waals surface area contributed by atoms with Gasteiger partial charge in [0.25, 0.3) is 0 Å². The first-order chi connectivity index (χ1) is 11.2. The van der Waals surface area contributed by atoms with Crippen LogP contribution in [0.25, 0.3) is 0 Å². The van der Waals surface area contributed by atoms with Crippen molar-refractivity contribution in [2.45, 2.75) is 32.2 Å². The zero-order valence-electron chi connectivity index (χ0n) is 13.4. The summed E-state index contributed by atoms with van der Waals surface area (Å²) >= 11 is 0. The third-order valence-electron chi connectivity index (χ3n) is 4.18. The van der Waals surface area contributed by atoms with E-state index < -0.39 is 0 Å². The molecule has 120 valence electrons. The van der Waals surface area contributed by atoms with Gasteiger partial charge in [0, 0.05) is 0 Å². The van der Waals surface area contributed by atoms with Crippen LogP contribution in [-0.2, 0) is 4.79 Å². The molecule has 0 spiro atoms. The van der Waals surface area contributed by atoms with Crippen LogP contribution in [-0.4, -0.2) is 12.7 Å².